The molecule has 0 unspecified atom stereocenters. The lowest BCUT2D eigenvalue weighted by atomic mass is 10.2. The van der Waals surface area contributed by atoms with E-state index in [2.05, 4.69) is 34.5 Å². The van der Waals surface area contributed by atoms with Crippen LogP contribution < -0.4 is 9.64 Å². The average molecular weight is 349 g/mol. The highest BCUT2D eigenvalue weighted by Gasteiger charge is 2.12. The quantitative estimate of drug-likeness (QED) is 0.641. The van der Waals surface area contributed by atoms with E-state index in [1.165, 1.54) is 5.69 Å². The van der Waals surface area contributed by atoms with Crippen molar-refractivity contribution < 1.29 is 4.74 Å². The van der Waals surface area contributed by atoms with E-state index in [0.29, 0.717) is 6.61 Å². The molecule has 124 valence electrons. The summed E-state index contributed by atoms with van der Waals surface area (Å²) in [7, 11) is 0. The highest BCUT2D eigenvalue weighted by Crippen LogP contribution is 2.29. The summed E-state index contributed by atoms with van der Waals surface area (Å²) in [6.45, 7) is 2.56. The lowest BCUT2D eigenvalue weighted by Crippen LogP contribution is -2.28. The number of anilines is 1. The Labute approximate surface area is 147 Å². The van der Waals surface area contributed by atoms with Crippen LogP contribution in [0.25, 0.3) is 0 Å². The van der Waals surface area contributed by atoms with Gasteiger partial charge in [-0.25, -0.2) is 0 Å². The summed E-state index contributed by atoms with van der Waals surface area (Å²) in [6.07, 6.45) is 6.10. The van der Waals surface area contributed by atoms with Crippen molar-refractivity contribution in [3.63, 3.8) is 0 Å². The third-order valence-corrected chi connectivity index (χ3v) is 4.62. The molecule has 2 aromatic rings. The molecule has 5 heteroatoms. The second-order valence-corrected chi connectivity index (χ2v) is 7.02. The van der Waals surface area contributed by atoms with E-state index in [-0.39, 0.29) is 0 Å². The molecule has 0 amide bonds. The van der Waals surface area contributed by atoms with Crippen molar-refractivity contribution in [3.8, 4) is 5.75 Å². The Kier molecular flexibility index (Phi) is 8.18. The van der Waals surface area contributed by atoms with Gasteiger partial charge in [0.05, 0.1) is 11.4 Å². The van der Waals surface area contributed by atoms with Crippen LogP contribution in [0.4, 0.5) is 5.69 Å². The van der Waals surface area contributed by atoms with Crippen LogP contribution in [0.2, 0.25) is 0 Å². The number of nitrogens with zero attached hydrogens (tertiary/aromatic N) is 2. The first kappa shape index (κ1) is 18.0. The Morgan fingerprint density at radius 2 is 1.65 bits per heavy atom. The molecule has 23 heavy (non-hydrogen) atoms. The topological polar surface area (TPSA) is 25.4 Å². The number of rotatable bonds is 10. The first-order valence-corrected chi connectivity index (χ1v) is 10.5. The van der Waals surface area contributed by atoms with Gasteiger partial charge in [0.15, 0.2) is 0 Å². The third-order valence-electron chi connectivity index (χ3n) is 3.44. The standard InChI is InChI=1S/C18H24N2OS2/c1-22-13-11-20(12-14-23-2)17-8-3-4-9-18(17)21-15-16-7-5-6-10-19-16/h3-10H,11-15H2,1-2H3. The summed E-state index contributed by atoms with van der Waals surface area (Å²) >= 11 is 3.75. The van der Waals surface area contributed by atoms with Gasteiger partial charge in [-0.1, -0.05) is 18.2 Å². The molecule has 0 fully saturated rings. The lowest BCUT2D eigenvalue weighted by molar-refractivity contribution is 0.301. The largest absolute Gasteiger partial charge is 0.485 e. The minimum atomic E-state index is 0.497. The van der Waals surface area contributed by atoms with Gasteiger partial charge in [-0.3, -0.25) is 4.98 Å². The fraction of sp³-hybridized carbons (Fsp3) is 0.389. The molecule has 0 radical (unpaired) electrons. The molecule has 3 nitrogen and oxygen atoms in total. The zero-order valence-electron chi connectivity index (χ0n) is 13.8. The van der Waals surface area contributed by atoms with E-state index in [9.17, 15) is 0 Å². The van der Waals surface area contributed by atoms with Crippen molar-refractivity contribution in [3.05, 3.63) is 54.4 Å². The van der Waals surface area contributed by atoms with Crippen molar-refractivity contribution in [2.75, 3.05) is 42.0 Å². The van der Waals surface area contributed by atoms with Crippen molar-refractivity contribution in [1.82, 2.24) is 4.98 Å². The van der Waals surface area contributed by atoms with Crippen LogP contribution in [-0.4, -0.2) is 42.1 Å². The molecular formula is C18H24N2OS2. The van der Waals surface area contributed by atoms with E-state index in [0.717, 1.165) is 36.0 Å². The van der Waals surface area contributed by atoms with Crippen LogP contribution >= 0.6 is 23.5 Å². The molecule has 0 aliphatic carbocycles. The number of aromatic nitrogens is 1. The number of hydrogen-bond acceptors (Lipinski definition) is 5. The van der Waals surface area contributed by atoms with E-state index < -0.39 is 0 Å². The maximum absolute atomic E-state index is 6.05. The number of ether oxygens (including phenoxy) is 1. The van der Waals surface area contributed by atoms with Gasteiger partial charge in [-0.2, -0.15) is 23.5 Å². The number of para-hydroxylation sites is 2. The smallest absolute Gasteiger partial charge is 0.143 e. The van der Waals surface area contributed by atoms with Gasteiger partial charge in [0.2, 0.25) is 0 Å². The summed E-state index contributed by atoms with van der Waals surface area (Å²) in [5.74, 6) is 3.16. The molecule has 1 aromatic heterocycles. The molecule has 1 heterocycles. The molecule has 0 saturated heterocycles. The Bertz CT molecular complexity index is 558. The van der Waals surface area contributed by atoms with Gasteiger partial charge in [0, 0.05) is 30.8 Å². The zero-order chi connectivity index (χ0) is 16.3. The van der Waals surface area contributed by atoms with Crippen LogP contribution in [0.5, 0.6) is 5.75 Å². The Hall–Kier alpha value is -1.33. The molecule has 0 aliphatic rings. The summed E-state index contributed by atoms with van der Waals surface area (Å²) in [4.78, 5) is 6.74. The Balaban J connectivity index is 2.09. The Morgan fingerprint density at radius 1 is 0.957 bits per heavy atom. The van der Waals surface area contributed by atoms with Crippen molar-refractivity contribution in [2.45, 2.75) is 6.61 Å². The minimum absolute atomic E-state index is 0.497. The van der Waals surface area contributed by atoms with E-state index in [4.69, 9.17) is 4.74 Å². The fourth-order valence-corrected chi connectivity index (χ4v) is 3.04. The van der Waals surface area contributed by atoms with Crippen molar-refractivity contribution >= 4 is 29.2 Å². The Morgan fingerprint density at radius 3 is 2.30 bits per heavy atom. The van der Waals surface area contributed by atoms with E-state index in [1.807, 2.05) is 53.9 Å². The second kappa shape index (κ2) is 10.4. The van der Waals surface area contributed by atoms with Gasteiger partial charge in [-0.05, 0) is 36.8 Å². The van der Waals surface area contributed by atoms with Crippen LogP contribution in [0.3, 0.4) is 0 Å². The van der Waals surface area contributed by atoms with Crippen LogP contribution in [0.1, 0.15) is 5.69 Å². The number of hydrogen-bond donors (Lipinski definition) is 0. The maximum atomic E-state index is 6.05. The number of pyridine rings is 1. The molecule has 0 atom stereocenters. The molecule has 0 aliphatic heterocycles. The summed E-state index contributed by atoms with van der Waals surface area (Å²) in [5, 5.41) is 0. The SMILES string of the molecule is CSCCN(CCSC)c1ccccc1OCc1ccccn1. The number of benzene rings is 1. The molecule has 0 N–H and O–H groups in total. The fourth-order valence-electron chi connectivity index (χ4n) is 2.23. The van der Waals surface area contributed by atoms with Gasteiger partial charge >= 0.3 is 0 Å². The summed E-state index contributed by atoms with van der Waals surface area (Å²) in [5.41, 5.74) is 2.12. The van der Waals surface area contributed by atoms with Crippen LogP contribution in [0, 0.1) is 0 Å². The molecule has 0 bridgehead atoms. The first-order chi connectivity index (χ1) is 11.3. The van der Waals surface area contributed by atoms with Crippen LogP contribution in [-0.2, 0) is 6.61 Å². The van der Waals surface area contributed by atoms with Gasteiger partial charge < -0.3 is 9.64 Å². The molecule has 0 spiro atoms. The maximum Gasteiger partial charge on any atom is 0.143 e. The van der Waals surface area contributed by atoms with Crippen molar-refractivity contribution in [1.29, 1.82) is 0 Å². The number of thioether (sulfide) groups is 2. The summed E-state index contributed by atoms with van der Waals surface area (Å²) < 4.78 is 6.05. The molecule has 0 saturated carbocycles. The molecule has 2 rings (SSSR count). The van der Waals surface area contributed by atoms with E-state index >= 15 is 0 Å². The molecule has 1 aromatic carbocycles. The summed E-state index contributed by atoms with van der Waals surface area (Å²) in [6, 6.07) is 14.2. The first-order valence-electron chi connectivity index (χ1n) is 7.69. The minimum Gasteiger partial charge on any atom is -0.485 e. The average Bonchev–Trinajstić information content (AvgIpc) is 2.61. The highest BCUT2D eigenvalue weighted by molar-refractivity contribution is 7.98. The zero-order valence-corrected chi connectivity index (χ0v) is 15.4. The van der Waals surface area contributed by atoms with E-state index in [1.54, 1.807) is 6.20 Å². The van der Waals surface area contributed by atoms with Crippen molar-refractivity contribution in [2.24, 2.45) is 0 Å². The monoisotopic (exact) mass is 348 g/mol. The highest BCUT2D eigenvalue weighted by atomic mass is 32.2. The lowest BCUT2D eigenvalue weighted by Gasteiger charge is -2.26. The van der Waals surface area contributed by atoms with Gasteiger partial charge in [0.1, 0.15) is 12.4 Å². The van der Waals surface area contributed by atoms with Crippen LogP contribution in [0.15, 0.2) is 48.7 Å². The molecular weight excluding hydrogens is 324 g/mol. The third kappa shape index (κ3) is 5.99. The normalized spacial score (nSPS) is 10.5. The van der Waals surface area contributed by atoms with Gasteiger partial charge in [-0.15, -0.1) is 0 Å². The second-order valence-electron chi connectivity index (χ2n) is 5.05. The van der Waals surface area contributed by atoms with Gasteiger partial charge in [0.25, 0.3) is 0 Å². The predicted molar refractivity (Wildman–Crippen MR) is 104 cm³/mol. The predicted octanol–water partition coefficient (Wildman–Crippen LogP) is 4.19.